The summed E-state index contributed by atoms with van der Waals surface area (Å²) in [5, 5.41) is 4.30. The number of hydrogen-bond donors (Lipinski definition) is 2. The Labute approximate surface area is 219 Å². The Kier molecular flexibility index (Phi) is 8.91. The Hall–Kier alpha value is -2.85. The molecule has 0 aromatic heterocycles. The van der Waals surface area contributed by atoms with Gasteiger partial charge in [-0.05, 0) is 76.8 Å². The first-order chi connectivity index (χ1) is 17.6. The van der Waals surface area contributed by atoms with Gasteiger partial charge in [0.2, 0.25) is 5.91 Å². The number of hydrogen-bond acceptors (Lipinski definition) is 8. The van der Waals surface area contributed by atoms with Crippen molar-refractivity contribution >= 4 is 23.6 Å². The van der Waals surface area contributed by atoms with Crippen LogP contribution in [0.15, 0.2) is 24.3 Å². The lowest BCUT2D eigenvalue weighted by atomic mass is 9.94. The number of amides is 3. The minimum absolute atomic E-state index is 0.239. The predicted molar refractivity (Wildman–Crippen MR) is 140 cm³/mol. The van der Waals surface area contributed by atoms with Crippen LogP contribution in [-0.4, -0.2) is 85.3 Å². The Balaban J connectivity index is 1.12. The average Bonchev–Trinajstić information content (AvgIpc) is 2.85. The van der Waals surface area contributed by atoms with Gasteiger partial charge in [-0.25, -0.2) is 9.80 Å². The molecule has 1 aromatic carbocycles. The minimum atomic E-state index is -0.611. The highest BCUT2D eigenvalue weighted by Crippen LogP contribution is 2.24. The largest absolute Gasteiger partial charge is 0.481 e. The fourth-order valence-electron chi connectivity index (χ4n) is 5.04. The lowest BCUT2D eigenvalue weighted by Crippen LogP contribution is -2.49. The van der Waals surface area contributed by atoms with Gasteiger partial charge < -0.3 is 14.4 Å². The zero-order valence-electron chi connectivity index (χ0n) is 22.3. The van der Waals surface area contributed by atoms with Crippen molar-refractivity contribution in [1.82, 2.24) is 20.7 Å². The zero-order valence-corrected chi connectivity index (χ0v) is 22.3. The van der Waals surface area contributed by atoms with Crippen LogP contribution in [0.3, 0.4) is 0 Å². The Morgan fingerprint density at radius 1 is 1.00 bits per heavy atom. The zero-order chi connectivity index (χ0) is 26.4. The van der Waals surface area contributed by atoms with Gasteiger partial charge in [0, 0.05) is 57.8 Å². The molecule has 3 aliphatic heterocycles. The third-order valence-electron chi connectivity index (χ3n) is 7.16. The van der Waals surface area contributed by atoms with E-state index in [4.69, 9.17) is 9.47 Å². The third kappa shape index (κ3) is 8.33. The number of imide groups is 1. The van der Waals surface area contributed by atoms with Gasteiger partial charge >= 0.3 is 6.09 Å². The van der Waals surface area contributed by atoms with Crippen molar-refractivity contribution in [3.63, 3.8) is 0 Å². The average molecular weight is 516 g/mol. The number of nitrogens with one attached hydrogen (secondary N) is 2. The van der Waals surface area contributed by atoms with Gasteiger partial charge in [-0.1, -0.05) is 0 Å². The molecule has 1 atom stereocenters. The summed E-state index contributed by atoms with van der Waals surface area (Å²) in [6.07, 6.45) is 3.10. The van der Waals surface area contributed by atoms with Crippen molar-refractivity contribution in [1.29, 1.82) is 0 Å². The number of carbonyl (C=O) groups is 3. The second-order valence-corrected chi connectivity index (χ2v) is 11.2. The van der Waals surface area contributed by atoms with E-state index < -0.39 is 11.7 Å². The Morgan fingerprint density at radius 2 is 1.68 bits per heavy atom. The maximum Gasteiger partial charge on any atom is 0.422 e. The van der Waals surface area contributed by atoms with Gasteiger partial charge in [-0.2, -0.15) is 0 Å². The summed E-state index contributed by atoms with van der Waals surface area (Å²) in [5.74, 6) is 0.729. The Bertz CT molecular complexity index is 932. The first-order valence-corrected chi connectivity index (χ1v) is 13.5. The second kappa shape index (κ2) is 12.1. The fraction of sp³-hybridized carbons (Fsp3) is 0.667. The van der Waals surface area contributed by atoms with Crippen LogP contribution in [0.25, 0.3) is 0 Å². The number of nitrogens with zero attached hydrogens (tertiary/aromatic N) is 3. The Morgan fingerprint density at radius 3 is 2.30 bits per heavy atom. The molecule has 3 saturated heterocycles. The van der Waals surface area contributed by atoms with E-state index in [0.29, 0.717) is 24.5 Å². The van der Waals surface area contributed by atoms with Crippen LogP contribution in [-0.2, 0) is 14.3 Å². The van der Waals surface area contributed by atoms with E-state index in [2.05, 4.69) is 20.5 Å². The SMILES string of the molecule is CC(C)(C)OC(=O)NN1CCC(CCN2CCN(c3ccc(OC4CCC(=O)NC4=O)cc3)CC2)CC1. The number of anilines is 1. The maximum atomic E-state index is 12.0. The molecule has 3 heterocycles. The topological polar surface area (TPSA) is 103 Å². The van der Waals surface area contributed by atoms with Crippen LogP contribution < -0.4 is 20.4 Å². The normalized spacial score (nSPS) is 22.5. The van der Waals surface area contributed by atoms with Gasteiger partial charge in [-0.15, -0.1) is 0 Å². The van der Waals surface area contributed by atoms with Gasteiger partial charge in [0.25, 0.3) is 5.91 Å². The van der Waals surface area contributed by atoms with E-state index in [1.165, 1.54) is 6.42 Å². The van der Waals surface area contributed by atoms with Crippen molar-refractivity contribution in [3.05, 3.63) is 24.3 Å². The molecule has 0 saturated carbocycles. The number of benzene rings is 1. The van der Waals surface area contributed by atoms with E-state index in [1.54, 1.807) is 0 Å². The molecule has 2 N–H and O–H groups in total. The number of hydrazine groups is 1. The highest BCUT2D eigenvalue weighted by atomic mass is 16.6. The van der Waals surface area contributed by atoms with Gasteiger partial charge in [-0.3, -0.25) is 25.2 Å². The molecule has 1 aromatic rings. The summed E-state index contributed by atoms with van der Waals surface area (Å²) < 4.78 is 11.1. The van der Waals surface area contributed by atoms with Crippen molar-refractivity contribution in [2.75, 3.05) is 50.7 Å². The molecule has 4 rings (SSSR count). The van der Waals surface area contributed by atoms with Gasteiger partial charge in [0.1, 0.15) is 11.4 Å². The molecule has 37 heavy (non-hydrogen) atoms. The first kappa shape index (κ1) is 27.2. The molecule has 204 valence electrons. The molecule has 0 radical (unpaired) electrons. The van der Waals surface area contributed by atoms with Crippen LogP contribution in [0.4, 0.5) is 10.5 Å². The fourth-order valence-corrected chi connectivity index (χ4v) is 5.04. The lowest BCUT2D eigenvalue weighted by molar-refractivity contribution is -0.138. The first-order valence-electron chi connectivity index (χ1n) is 13.5. The summed E-state index contributed by atoms with van der Waals surface area (Å²) >= 11 is 0. The molecule has 10 heteroatoms. The predicted octanol–water partition coefficient (Wildman–Crippen LogP) is 2.53. The van der Waals surface area contributed by atoms with Gasteiger partial charge in [0.15, 0.2) is 6.10 Å². The standard InChI is InChI=1S/C27H41N5O5/c1-27(2,3)37-26(35)29-32-14-11-20(12-15-32)10-13-30-16-18-31(19-17-30)21-4-6-22(7-5-21)36-23-8-9-24(33)28-25(23)34/h4-7,20,23H,8-19H2,1-3H3,(H,29,35)(H,28,33,34). The summed E-state index contributed by atoms with van der Waals surface area (Å²) in [6.45, 7) is 12.5. The van der Waals surface area contributed by atoms with Gasteiger partial charge in [0.05, 0.1) is 0 Å². The summed E-state index contributed by atoms with van der Waals surface area (Å²) in [6, 6.07) is 7.87. The van der Waals surface area contributed by atoms with Crippen LogP contribution in [0.5, 0.6) is 5.75 Å². The minimum Gasteiger partial charge on any atom is -0.481 e. The van der Waals surface area contributed by atoms with Crippen molar-refractivity contribution in [2.24, 2.45) is 5.92 Å². The number of rotatable bonds is 7. The van der Waals surface area contributed by atoms with Crippen LogP contribution in [0, 0.1) is 5.92 Å². The highest BCUT2D eigenvalue weighted by Gasteiger charge is 2.28. The van der Waals surface area contributed by atoms with E-state index in [1.807, 2.05) is 50.0 Å². The van der Waals surface area contributed by atoms with Crippen LogP contribution in [0.2, 0.25) is 0 Å². The summed E-state index contributed by atoms with van der Waals surface area (Å²) in [5.41, 5.74) is 3.54. The van der Waals surface area contributed by atoms with Crippen LogP contribution >= 0.6 is 0 Å². The monoisotopic (exact) mass is 515 g/mol. The van der Waals surface area contributed by atoms with E-state index in [0.717, 1.165) is 64.3 Å². The van der Waals surface area contributed by atoms with Crippen molar-refractivity contribution < 1.29 is 23.9 Å². The lowest BCUT2D eigenvalue weighted by Gasteiger charge is -2.37. The highest BCUT2D eigenvalue weighted by molar-refractivity contribution is 5.99. The van der Waals surface area contributed by atoms with Crippen molar-refractivity contribution in [2.45, 2.75) is 64.6 Å². The molecule has 0 bridgehead atoms. The molecule has 3 amide bonds. The summed E-state index contributed by atoms with van der Waals surface area (Å²) in [4.78, 5) is 40.1. The molecule has 0 aliphatic carbocycles. The van der Waals surface area contributed by atoms with Crippen LogP contribution in [0.1, 0.15) is 52.9 Å². The number of piperidine rings is 2. The van der Waals surface area contributed by atoms with E-state index in [-0.39, 0.29) is 17.9 Å². The number of piperazine rings is 1. The number of carbonyl (C=O) groups excluding carboxylic acids is 3. The quantitative estimate of drug-likeness (QED) is 0.534. The molecule has 1 unspecified atom stereocenters. The third-order valence-corrected chi connectivity index (χ3v) is 7.16. The van der Waals surface area contributed by atoms with Crippen molar-refractivity contribution in [3.8, 4) is 5.75 Å². The maximum absolute atomic E-state index is 12.0. The molecular formula is C27H41N5O5. The number of ether oxygens (including phenoxy) is 2. The van der Waals surface area contributed by atoms with E-state index in [9.17, 15) is 14.4 Å². The molecule has 3 aliphatic rings. The van der Waals surface area contributed by atoms with E-state index >= 15 is 0 Å². The molecule has 0 spiro atoms. The summed E-state index contributed by atoms with van der Waals surface area (Å²) in [7, 11) is 0. The second-order valence-electron chi connectivity index (χ2n) is 11.2. The molecular weight excluding hydrogens is 474 g/mol. The molecule has 10 nitrogen and oxygen atoms in total. The molecule has 3 fully saturated rings. The smallest absolute Gasteiger partial charge is 0.422 e.